The van der Waals surface area contributed by atoms with Gasteiger partial charge in [-0.3, -0.25) is 4.99 Å². The van der Waals surface area contributed by atoms with Crippen LogP contribution >= 0.6 is 24.0 Å². The number of benzene rings is 1. The topological polar surface area (TPSA) is 66.5 Å². The lowest BCUT2D eigenvalue weighted by atomic mass is 10.2. The molecule has 2 aromatic rings. The number of halogens is 2. The first-order valence-corrected chi connectivity index (χ1v) is 7.04. The predicted octanol–water partition coefficient (Wildman–Crippen LogP) is 2.39. The molecule has 0 amide bonds. The average Bonchev–Trinajstić information content (AvgIpc) is 2.91. The van der Waals surface area contributed by atoms with Crippen LogP contribution in [-0.4, -0.2) is 41.6 Å². The molecule has 0 fully saturated rings. The van der Waals surface area contributed by atoms with Gasteiger partial charge < -0.3 is 14.7 Å². The van der Waals surface area contributed by atoms with Crippen molar-refractivity contribution in [3.63, 3.8) is 0 Å². The Morgan fingerprint density at radius 3 is 2.61 bits per heavy atom. The van der Waals surface area contributed by atoms with E-state index in [4.69, 9.17) is 4.52 Å². The standard InChI is InChI=1S/C15H20FN5O.HI/c1-11-19-14(22-20-11)8-9-18-15(17-2)21(3)10-12-4-6-13(16)7-5-12;/h4-7H,8-10H2,1-3H3,(H,17,18);1H. The van der Waals surface area contributed by atoms with E-state index in [0.29, 0.717) is 31.2 Å². The summed E-state index contributed by atoms with van der Waals surface area (Å²) in [4.78, 5) is 10.3. The fourth-order valence-corrected chi connectivity index (χ4v) is 2.05. The Balaban J connectivity index is 0.00000264. The highest BCUT2D eigenvalue weighted by atomic mass is 127. The van der Waals surface area contributed by atoms with Gasteiger partial charge in [-0.2, -0.15) is 4.98 Å². The molecule has 1 aromatic carbocycles. The van der Waals surface area contributed by atoms with Crippen LogP contribution in [-0.2, 0) is 13.0 Å². The molecule has 1 heterocycles. The lowest BCUT2D eigenvalue weighted by Gasteiger charge is -2.22. The zero-order valence-corrected chi connectivity index (χ0v) is 15.7. The SMILES string of the molecule is CN=C(NCCc1nc(C)no1)N(C)Cc1ccc(F)cc1.I. The molecule has 6 nitrogen and oxygen atoms in total. The Morgan fingerprint density at radius 2 is 2.04 bits per heavy atom. The van der Waals surface area contributed by atoms with Crippen molar-refractivity contribution in [2.24, 2.45) is 4.99 Å². The van der Waals surface area contributed by atoms with E-state index in [1.54, 1.807) is 26.1 Å². The van der Waals surface area contributed by atoms with Crippen LogP contribution in [0.1, 0.15) is 17.3 Å². The predicted molar refractivity (Wildman–Crippen MR) is 97.4 cm³/mol. The highest BCUT2D eigenvalue weighted by Gasteiger charge is 2.08. The molecule has 0 aliphatic rings. The van der Waals surface area contributed by atoms with E-state index >= 15 is 0 Å². The smallest absolute Gasteiger partial charge is 0.228 e. The minimum Gasteiger partial charge on any atom is -0.356 e. The van der Waals surface area contributed by atoms with Gasteiger partial charge in [0.05, 0.1) is 0 Å². The molecule has 0 unspecified atom stereocenters. The molecule has 0 aliphatic carbocycles. The highest BCUT2D eigenvalue weighted by molar-refractivity contribution is 14.0. The fraction of sp³-hybridized carbons (Fsp3) is 0.400. The zero-order valence-electron chi connectivity index (χ0n) is 13.4. The Kier molecular flexibility index (Phi) is 7.93. The minimum atomic E-state index is -0.233. The van der Waals surface area contributed by atoms with Crippen molar-refractivity contribution in [3.8, 4) is 0 Å². The van der Waals surface area contributed by atoms with Gasteiger partial charge in [-0.25, -0.2) is 4.39 Å². The summed E-state index contributed by atoms with van der Waals surface area (Å²) < 4.78 is 18.0. The van der Waals surface area contributed by atoms with Crippen molar-refractivity contribution in [2.45, 2.75) is 19.9 Å². The van der Waals surface area contributed by atoms with E-state index in [1.165, 1.54) is 12.1 Å². The molecule has 0 aliphatic heterocycles. The first-order valence-electron chi connectivity index (χ1n) is 7.04. The molecule has 0 spiro atoms. The molecule has 0 saturated carbocycles. The summed E-state index contributed by atoms with van der Waals surface area (Å²) in [5.41, 5.74) is 1.01. The van der Waals surface area contributed by atoms with Crippen LogP contribution in [0.3, 0.4) is 0 Å². The van der Waals surface area contributed by atoms with Crippen LogP contribution in [0.25, 0.3) is 0 Å². The first kappa shape index (κ1) is 19.3. The fourth-order valence-electron chi connectivity index (χ4n) is 2.05. The number of rotatable bonds is 5. The number of nitrogens with zero attached hydrogens (tertiary/aromatic N) is 4. The molecule has 0 radical (unpaired) electrons. The van der Waals surface area contributed by atoms with Gasteiger partial charge in [0.1, 0.15) is 5.82 Å². The third-order valence-corrected chi connectivity index (χ3v) is 3.10. The van der Waals surface area contributed by atoms with E-state index in [9.17, 15) is 4.39 Å². The number of aryl methyl sites for hydroxylation is 1. The van der Waals surface area contributed by atoms with Crippen molar-refractivity contribution in [2.75, 3.05) is 20.6 Å². The van der Waals surface area contributed by atoms with E-state index in [2.05, 4.69) is 20.4 Å². The number of hydrogen-bond acceptors (Lipinski definition) is 4. The Bertz CT molecular complexity index is 629. The van der Waals surface area contributed by atoms with Gasteiger partial charge >= 0.3 is 0 Å². The summed E-state index contributed by atoms with van der Waals surface area (Å²) in [5, 5.41) is 6.98. The van der Waals surface area contributed by atoms with Crippen molar-refractivity contribution >= 4 is 29.9 Å². The van der Waals surface area contributed by atoms with E-state index in [1.807, 2.05) is 11.9 Å². The summed E-state index contributed by atoms with van der Waals surface area (Å²) in [7, 11) is 3.65. The van der Waals surface area contributed by atoms with Gasteiger partial charge in [-0.05, 0) is 24.6 Å². The van der Waals surface area contributed by atoms with Gasteiger partial charge in [-0.1, -0.05) is 17.3 Å². The van der Waals surface area contributed by atoms with E-state index < -0.39 is 0 Å². The number of aliphatic imine (C=N–C) groups is 1. The zero-order chi connectivity index (χ0) is 15.9. The second-order valence-electron chi connectivity index (χ2n) is 4.94. The molecule has 0 bridgehead atoms. The Hall–Kier alpha value is -1.71. The monoisotopic (exact) mass is 433 g/mol. The lowest BCUT2D eigenvalue weighted by Crippen LogP contribution is -2.39. The van der Waals surface area contributed by atoms with Crippen molar-refractivity contribution in [1.29, 1.82) is 0 Å². The van der Waals surface area contributed by atoms with Gasteiger partial charge in [0.2, 0.25) is 5.89 Å². The summed E-state index contributed by atoms with van der Waals surface area (Å²) in [6.07, 6.45) is 0.629. The lowest BCUT2D eigenvalue weighted by molar-refractivity contribution is 0.373. The largest absolute Gasteiger partial charge is 0.356 e. The first-order chi connectivity index (χ1) is 10.6. The van der Waals surface area contributed by atoms with E-state index in [0.717, 1.165) is 11.5 Å². The molecule has 0 saturated heterocycles. The molecular weight excluding hydrogens is 412 g/mol. The summed E-state index contributed by atoms with van der Waals surface area (Å²) >= 11 is 0. The maximum Gasteiger partial charge on any atom is 0.228 e. The molecule has 1 aromatic heterocycles. The van der Waals surface area contributed by atoms with Crippen LogP contribution in [0.4, 0.5) is 4.39 Å². The molecule has 2 rings (SSSR count). The van der Waals surface area contributed by atoms with Crippen molar-refractivity contribution < 1.29 is 8.91 Å². The van der Waals surface area contributed by atoms with Gasteiger partial charge in [0.25, 0.3) is 0 Å². The van der Waals surface area contributed by atoms with Gasteiger partial charge in [0.15, 0.2) is 11.8 Å². The number of hydrogen-bond donors (Lipinski definition) is 1. The molecule has 126 valence electrons. The highest BCUT2D eigenvalue weighted by Crippen LogP contribution is 2.05. The molecular formula is C15H21FIN5O. The third-order valence-electron chi connectivity index (χ3n) is 3.10. The Labute approximate surface area is 152 Å². The number of guanidine groups is 1. The molecule has 8 heteroatoms. The normalized spacial score (nSPS) is 11.0. The Morgan fingerprint density at radius 1 is 1.35 bits per heavy atom. The second-order valence-corrected chi connectivity index (χ2v) is 4.94. The van der Waals surface area contributed by atoms with Crippen LogP contribution in [0.15, 0.2) is 33.8 Å². The molecule has 23 heavy (non-hydrogen) atoms. The second kappa shape index (κ2) is 9.43. The molecule has 1 N–H and O–H groups in total. The van der Waals surface area contributed by atoms with Crippen LogP contribution in [0.5, 0.6) is 0 Å². The van der Waals surface area contributed by atoms with Crippen molar-refractivity contribution in [3.05, 3.63) is 47.4 Å². The maximum atomic E-state index is 12.9. The van der Waals surface area contributed by atoms with Crippen LogP contribution in [0, 0.1) is 12.7 Å². The van der Waals surface area contributed by atoms with Crippen molar-refractivity contribution in [1.82, 2.24) is 20.4 Å². The van der Waals surface area contributed by atoms with E-state index in [-0.39, 0.29) is 29.8 Å². The maximum absolute atomic E-state index is 12.9. The summed E-state index contributed by atoms with van der Waals surface area (Å²) in [6.45, 7) is 3.07. The van der Waals surface area contributed by atoms with Crippen LogP contribution < -0.4 is 5.32 Å². The minimum absolute atomic E-state index is 0. The van der Waals surface area contributed by atoms with Gasteiger partial charge in [0, 0.05) is 33.6 Å². The average molecular weight is 433 g/mol. The quantitative estimate of drug-likeness (QED) is 0.446. The summed E-state index contributed by atoms with van der Waals surface area (Å²) in [6, 6.07) is 6.44. The van der Waals surface area contributed by atoms with Gasteiger partial charge in [-0.15, -0.1) is 24.0 Å². The number of aromatic nitrogens is 2. The number of nitrogens with one attached hydrogen (secondary N) is 1. The molecule has 0 atom stereocenters. The third kappa shape index (κ3) is 6.12. The van der Waals surface area contributed by atoms with Crippen LogP contribution in [0.2, 0.25) is 0 Å². The summed E-state index contributed by atoms with van der Waals surface area (Å²) in [5.74, 6) is 1.75.